The molecule has 5 aromatic rings. The SMILES string of the molecule is Cc1ccccc1S(=O)(=O)NC(=O)COC(C(=O)O)C(OCCCCCc1ccc2ccccc2c1)C(=O)NCCCCCc1ccc2ccccc2c1. The molecule has 0 saturated carbocycles. The van der Waals surface area contributed by atoms with Gasteiger partial charge in [-0.05, 0) is 89.8 Å². The van der Waals surface area contributed by atoms with Gasteiger partial charge in [0.1, 0.15) is 6.61 Å². The van der Waals surface area contributed by atoms with E-state index in [1.54, 1.807) is 19.1 Å². The highest BCUT2D eigenvalue weighted by Crippen LogP contribution is 2.19. The van der Waals surface area contributed by atoms with E-state index >= 15 is 0 Å². The molecule has 0 heterocycles. The molecule has 0 aliphatic carbocycles. The van der Waals surface area contributed by atoms with Gasteiger partial charge >= 0.3 is 5.97 Å². The Balaban J connectivity index is 1.13. The number of benzene rings is 5. The summed E-state index contributed by atoms with van der Waals surface area (Å²) in [6.45, 7) is 1.05. The number of carbonyl (C=O) groups excluding carboxylic acids is 2. The second-order valence-electron chi connectivity index (χ2n) is 13.4. The van der Waals surface area contributed by atoms with Crippen molar-refractivity contribution in [2.24, 2.45) is 0 Å². The molecule has 2 amide bonds. The van der Waals surface area contributed by atoms with Gasteiger partial charge in [0, 0.05) is 13.2 Å². The maximum absolute atomic E-state index is 13.4. The normalized spacial score (nSPS) is 12.7. The quantitative estimate of drug-likeness (QED) is 0.0686. The fraction of sp³-hybridized carbons (Fsp3) is 0.326. The zero-order valence-corrected chi connectivity index (χ0v) is 31.4. The van der Waals surface area contributed by atoms with Crippen LogP contribution in [-0.4, -0.2) is 63.3 Å². The molecule has 0 fully saturated rings. The zero-order chi connectivity index (χ0) is 38.3. The predicted octanol–water partition coefficient (Wildman–Crippen LogP) is 6.90. The number of rotatable bonds is 21. The lowest BCUT2D eigenvalue weighted by atomic mass is 10.0. The number of sulfonamides is 1. The lowest BCUT2D eigenvalue weighted by Crippen LogP contribution is -2.50. The largest absolute Gasteiger partial charge is 0.479 e. The van der Waals surface area contributed by atoms with E-state index in [4.69, 9.17) is 9.47 Å². The molecule has 10 nitrogen and oxygen atoms in total. The van der Waals surface area contributed by atoms with E-state index in [2.05, 4.69) is 66.0 Å². The second-order valence-corrected chi connectivity index (χ2v) is 15.1. The van der Waals surface area contributed by atoms with E-state index in [1.807, 2.05) is 29.0 Å². The average molecular weight is 753 g/mol. The van der Waals surface area contributed by atoms with Crippen LogP contribution in [0.4, 0.5) is 0 Å². The van der Waals surface area contributed by atoms with Crippen molar-refractivity contribution in [1.29, 1.82) is 0 Å². The minimum absolute atomic E-state index is 0.0859. The Kier molecular flexibility index (Phi) is 14.7. The number of fused-ring (bicyclic) bond motifs is 2. The van der Waals surface area contributed by atoms with Crippen LogP contribution in [0.15, 0.2) is 114 Å². The first-order chi connectivity index (χ1) is 26.1. The molecule has 3 N–H and O–H groups in total. The molecule has 2 unspecified atom stereocenters. The number of carboxylic acid groups (broad SMARTS) is 1. The second kappa shape index (κ2) is 19.8. The average Bonchev–Trinajstić information content (AvgIpc) is 3.16. The minimum Gasteiger partial charge on any atom is -0.479 e. The van der Waals surface area contributed by atoms with Gasteiger partial charge < -0.3 is 19.9 Å². The highest BCUT2D eigenvalue weighted by Gasteiger charge is 2.36. The van der Waals surface area contributed by atoms with Gasteiger partial charge in [0.15, 0.2) is 12.2 Å². The van der Waals surface area contributed by atoms with Crippen LogP contribution in [0.3, 0.4) is 0 Å². The molecule has 284 valence electrons. The third-order valence-corrected chi connectivity index (χ3v) is 10.8. The molecule has 0 aliphatic heterocycles. The van der Waals surface area contributed by atoms with E-state index in [1.165, 1.54) is 44.8 Å². The number of nitrogens with one attached hydrogen (secondary N) is 2. The van der Waals surface area contributed by atoms with Crippen molar-refractivity contribution in [3.63, 3.8) is 0 Å². The lowest BCUT2D eigenvalue weighted by molar-refractivity contribution is -0.169. The molecule has 0 bridgehead atoms. The third kappa shape index (κ3) is 11.7. The molecule has 54 heavy (non-hydrogen) atoms. The summed E-state index contributed by atoms with van der Waals surface area (Å²) in [4.78, 5) is 38.4. The van der Waals surface area contributed by atoms with E-state index in [0.717, 1.165) is 38.5 Å². The van der Waals surface area contributed by atoms with Crippen LogP contribution < -0.4 is 10.0 Å². The molecule has 0 aromatic heterocycles. The lowest BCUT2D eigenvalue weighted by Gasteiger charge is -2.24. The van der Waals surface area contributed by atoms with Gasteiger partial charge in [0.2, 0.25) is 0 Å². The summed E-state index contributed by atoms with van der Waals surface area (Å²) in [7, 11) is -4.23. The number of ether oxygens (including phenoxy) is 2. The summed E-state index contributed by atoms with van der Waals surface area (Å²) in [5.41, 5.74) is 2.88. The van der Waals surface area contributed by atoms with Gasteiger partial charge in [-0.25, -0.2) is 17.9 Å². The number of hydrogen-bond donors (Lipinski definition) is 3. The van der Waals surface area contributed by atoms with Crippen LogP contribution >= 0.6 is 0 Å². The van der Waals surface area contributed by atoms with Crippen LogP contribution in [0, 0.1) is 6.92 Å². The standard InChI is InChI=1S/C43H48N2O8S/c1-31-14-6-11-21-38(31)54(50,51)45-39(46)30-53-41(43(48)49)40(52-27-13-3-5-16-33-23-25-35-18-8-10-20-37(35)29-33)42(47)44-26-12-2-4-15-32-22-24-34-17-7-9-19-36(34)28-32/h6-11,14,17-25,28-29,40-41H,2-5,12-13,15-16,26-27,30H2,1H3,(H,44,47)(H,45,46)(H,48,49). The van der Waals surface area contributed by atoms with E-state index in [0.29, 0.717) is 24.9 Å². The highest BCUT2D eigenvalue weighted by molar-refractivity contribution is 7.90. The van der Waals surface area contributed by atoms with Crippen molar-refractivity contribution in [3.8, 4) is 0 Å². The summed E-state index contributed by atoms with van der Waals surface area (Å²) in [5.74, 6) is -3.28. The van der Waals surface area contributed by atoms with Crippen LogP contribution in [0.2, 0.25) is 0 Å². The first-order valence-corrected chi connectivity index (χ1v) is 19.9. The van der Waals surface area contributed by atoms with Crippen molar-refractivity contribution in [1.82, 2.24) is 10.0 Å². The summed E-state index contributed by atoms with van der Waals surface area (Å²) in [5, 5.41) is 17.6. The fourth-order valence-corrected chi connectivity index (χ4v) is 7.61. The van der Waals surface area contributed by atoms with Crippen molar-refractivity contribution in [3.05, 3.63) is 126 Å². The first-order valence-electron chi connectivity index (χ1n) is 18.4. The van der Waals surface area contributed by atoms with E-state index in [9.17, 15) is 27.9 Å². The Morgan fingerprint density at radius 1 is 0.648 bits per heavy atom. The molecule has 0 spiro atoms. The maximum Gasteiger partial charge on any atom is 0.336 e. The molecule has 5 rings (SSSR count). The van der Waals surface area contributed by atoms with E-state index < -0.39 is 46.6 Å². The van der Waals surface area contributed by atoms with Crippen LogP contribution in [0.1, 0.15) is 55.2 Å². The molecule has 0 radical (unpaired) electrons. The number of carboxylic acids is 1. The van der Waals surface area contributed by atoms with Crippen LogP contribution in [0.5, 0.6) is 0 Å². The van der Waals surface area contributed by atoms with Crippen molar-refractivity contribution >= 4 is 49.4 Å². The summed E-state index contributed by atoms with van der Waals surface area (Å²) >= 11 is 0. The molecule has 0 aliphatic rings. The minimum atomic E-state index is -4.23. The summed E-state index contributed by atoms with van der Waals surface area (Å²) in [6, 6.07) is 35.3. The number of amides is 2. The van der Waals surface area contributed by atoms with Crippen molar-refractivity contribution < 1.29 is 37.4 Å². The Morgan fingerprint density at radius 2 is 1.20 bits per heavy atom. The Morgan fingerprint density at radius 3 is 1.80 bits per heavy atom. The Labute approximate surface area is 316 Å². The summed E-state index contributed by atoms with van der Waals surface area (Å²) < 4.78 is 38.8. The molecule has 11 heteroatoms. The van der Waals surface area contributed by atoms with Crippen LogP contribution in [0.25, 0.3) is 21.5 Å². The van der Waals surface area contributed by atoms with Gasteiger partial charge in [-0.3, -0.25) is 9.59 Å². The number of aryl methyl sites for hydroxylation is 3. The Bertz CT molecular complexity index is 2150. The van der Waals surface area contributed by atoms with E-state index in [-0.39, 0.29) is 11.5 Å². The van der Waals surface area contributed by atoms with Gasteiger partial charge in [-0.1, -0.05) is 116 Å². The van der Waals surface area contributed by atoms with Gasteiger partial charge in [-0.15, -0.1) is 0 Å². The number of unbranched alkanes of at least 4 members (excludes halogenated alkanes) is 4. The van der Waals surface area contributed by atoms with Gasteiger partial charge in [-0.2, -0.15) is 0 Å². The third-order valence-electron chi connectivity index (χ3n) is 9.28. The first kappa shape index (κ1) is 40.1. The highest BCUT2D eigenvalue weighted by atomic mass is 32.2. The van der Waals surface area contributed by atoms with Crippen molar-refractivity contribution in [2.75, 3.05) is 19.8 Å². The monoisotopic (exact) mass is 752 g/mol. The fourth-order valence-electron chi connectivity index (χ4n) is 6.40. The Hall–Kier alpha value is -5.10. The molecular weight excluding hydrogens is 705 g/mol. The number of aliphatic carboxylic acids is 1. The smallest absolute Gasteiger partial charge is 0.336 e. The zero-order valence-electron chi connectivity index (χ0n) is 30.5. The molecule has 5 aromatic carbocycles. The van der Waals surface area contributed by atoms with Gasteiger partial charge in [0.25, 0.3) is 21.8 Å². The topological polar surface area (TPSA) is 148 Å². The van der Waals surface area contributed by atoms with Crippen LogP contribution in [-0.2, 0) is 46.7 Å². The molecule has 0 saturated heterocycles. The predicted molar refractivity (Wildman–Crippen MR) is 210 cm³/mol. The molecular formula is C43H48N2O8S. The maximum atomic E-state index is 13.4. The van der Waals surface area contributed by atoms with Crippen molar-refractivity contribution in [2.45, 2.75) is 75.4 Å². The number of hydrogen-bond acceptors (Lipinski definition) is 7. The molecule has 2 atom stereocenters. The number of carbonyl (C=O) groups is 3. The summed E-state index contributed by atoms with van der Waals surface area (Å²) in [6.07, 6.45) is 2.94. The van der Waals surface area contributed by atoms with Gasteiger partial charge in [0.05, 0.1) is 4.90 Å².